The molecule has 0 bridgehead atoms. The van der Waals surface area contributed by atoms with Crippen LogP contribution < -0.4 is 0 Å². The monoisotopic (exact) mass is 234 g/mol. The summed E-state index contributed by atoms with van der Waals surface area (Å²) in [7, 11) is 0. The van der Waals surface area contributed by atoms with Crippen LogP contribution in [0.3, 0.4) is 0 Å². The van der Waals surface area contributed by atoms with E-state index < -0.39 is 0 Å². The van der Waals surface area contributed by atoms with E-state index in [2.05, 4.69) is 38.4 Å². The molecule has 2 N–H and O–H groups in total. The van der Waals surface area contributed by atoms with Gasteiger partial charge in [-0.2, -0.15) is 5.10 Å². The van der Waals surface area contributed by atoms with Gasteiger partial charge in [-0.3, -0.25) is 5.10 Å². The number of rotatable bonds is 1. The number of H-pyrrole nitrogens is 2. The predicted octanol–water partition coefficient (Wildman–Crippen LogP) is 3.11. The molecule has 0 aliphatic heterocycles. The van der Waals surface area contributed by atoms with Crippen LogP contribution in [-0.2, 0) is 0 Å². The molecule has 0 amide bonds. The van der Waals surface area contributed by atoms with Gasteiger partial charge in [-0.25, -0.2) is 4.98 Å². The number of hydrogen-bond donors (Lipinski definition) is 2. The molecule has 4 rings (SSSR count). The van der Waals surface area contributed by atoms with Gasteiger partial charge in [0.1, 0.15) is 5.65 Å². The highest BCUT2D eigenvalue weighted by molar-refractivity contribution is 5.86. The van der Waals surface area contributed by atoms with Crippen molar-refractivity contribution in [3.8, 4) is 11.1 Å². The molecule has 3 aromatic heterocycles. The van der Waals surface area contributed by atoms with E-state index in [1.807, 2.05) is 30.7 Å². The number of hydrogen-bond acceptors (Lipinski definition) is 2. The Morgan fingerprint density at radius 2 is 1.83 bits per heavy atom. The second-order valence-electron chi connectivity index (χ2n) is 4.31. The smallest absolute Gasteiger partial charge is 0.137 e. The van der Waals surface area contributed by atoms with Crippen molar-refractivity contribution >= 4 is 21.9 Å². The highest BCUT2D eigenvalue weighted by Crippen LogP contribution is 2.25. The van der Waals surface area contributed by atoms with Crippen LogP contribution in [-0.4, -0.2) is 20.2 Å². The minimum Gasteiger partial charge on any atom is -0.346 e. The molecular formula is C14H10N4. The normalized spacial score (nSPS) is 11.3. The number of benzene rings is 1. The van der Waals surface area contributed by atoms with Crippen LogP contribution in [0.15, 0.2) is 48.9 Å². The molecule has 0 fully saturated rings. The Bertz CT molecular complexity index is 769. The molecule has 0 spiro atoms. The lowest BCUT2D eigenvalue weighted by Crippen LogP contribution is -1.81. The highest BCUT2D eigenvalue weighted by atomic mass is 15.1. The lowest BCUT2D eigenvalue weighted by molar-refractivity contribution is 1.12. The summed E-state index contributed by atoms with van der Waals surface area (Å²) in [6.07, 6.45) is 5.63. The third-order valence-electron chi connectivity index (χ3n) is 3.17. The molecule has 4 nitrogen and oxygen atoms in total. The standard InChI is InChI=1S/C14H10N4/c1-2-13-12(8-17-18-13)5-9(1)11-6-10-3-4-15-14(10)16-7-11/h1-8H,(H,15,16)(H,17,18). The largest absolute Gasteiger partial charge is 0.346 e. The van der Waals surface area contributed by atoms with E-state index in [0.29, 0.717) is 0 Å². The molecule has 18 heavy (non-hydrogen) atoms. The van der Waals surface area contributed by atoms with Crippen LogP contribution in [0.5, 0.6) is 0 Å². The molecule has 4 aromatic rings. The molecule has 0 aliphatic rings. The Kier molecular flexibility index (Phi) is 1.80. The van der Waals surface area contributed by atoms with Gasteiger partial charge in [-0.1, -0.05) is 6.07 Å². The summed E-state index contributed by atoms with van der Waals surface area (Å²) in [5.74, 6) is 0. The van der Waals surface area contributed by atoms with Gasteiger partial charge in [-0.05, 0) is 29.8 Å². The molecule has 0 saturated heterocycles. The molecular weight excluding hydrogens is 224 g/mol. The SMILES string of the molecule is c1cc2cc(-c3ccc4[nH]ncc4c3)cnc2[nH]1. The van der Waals surface area contributed by atoms with Crippen molar-refractivity contribution in [2.75, 3.05) is 0 Å². The first-order valence-electron chi connectivity index (χ1n) is 5.77. The molecule has 0 saturated carbocycles. The van der Waals surface area contributed by atoms with Gasteiger partial charge in [0.25, 0.3) is 0 Å². The van der Waals surface area contributed by atoms with Crippen molar-refractivity contribution in [3.05, 3.63) is 48.9 Å². The molecule has 1 aromatic carbocycles. The van der Waals surface area contributed by atoms with Gasteiger partial charge >= 0.3 is 0 Å². The van der Waals surface area contributed by atoms with E-state index in [9.17, 15) is 0 Å². The second-order valence-corrected chi connectivity index (χ2v) is 4.31. The first kappa shape index (κ1) is 9.41. The van der Waals surface area contributed by atoms with Crippen molar-refractivity contribution in [1.29, 1.82) is 0 Å². The quantitative estimate of drug-likeness (QED) is 0.531. The van der Waals surface area contributed by atoms with E-state index in [4.69, 9.17) is 0 Å². The average Bonchev–Trinajstić information content (AvgIpc) is 3.05. The summed E-state index contributed by atoms with van der Waals surface area (Å²) in [6, 6.07) is 10.4. The molecule has 4 heteroatoms. The first-order valence-corrected chi connectivity index (χ1v) is 5.77. The van der Waals surface area contributed by atoms with E-state index >= 15 is 0 Å². The summed E-state index contributed by atoms with van der Waals surface area (Å²) in [5, 5.41) is 9.22. The molecule has 0 aliphatic carbocycles. The van der Waals surface area contributed by atoms with Crippen LogP contribution in [0.4, 0.5) is 0 Å². The van der Waals surface area contributed by atoms with Gasteiger partial charge in [-0.15, -0.1) is 0 Å². The maximum absolute atomic E-state index is 4.41. The van der Waals surface area contributed by atoms with Gasteiger partial charge in [0.05, 0.1) is 11.7 Å². The zero-order valence-corrected chi connectivity index (χ0v) is 9.51. The maximum Gasteiger partial charge on any atom is 0.137 e. The maximum atomic E-state index is 4.41. The van der Waals surface area contributed by atoms with Crippen molar-refractivity contribution < 1.29 is 0 Å². The zero-order valence-electron chi connectivity index (χ0n) is 9.51. The van der Waals surface area contributed by atoms with Crippen LogP contribution in [0.25, 0.3) is 33.1 Å². The van der Waals surface area contributed by atoms with E-state index in [-0.39, 0.29) is 0 Å². The average molecular weight is 234 g/mol. The Hall–Kier alpha value is -2.62. The van der Waals surface area contributed by atoms with Crippen LogP contribution in [0.2, 0.25) is 0 Å². The van der Waals surface area contributed by atoms with E-state index in [1.54, 1.807) is 0 Å². The fraction of sp³-hybridized carbons (Fsp3) is 0. The minimum atomic E-state index is 0.920. The Balaban J connectivity index is 1.93. The van der Waals surface area contributed by atoms with Gasteiger partial charge in [0.2, 0.25) is 0 Å². The van der Waals surface area contributed by atoms with Crippen molar-refractivity contribution in [1.82, 2.24) is 20.2 Å². The summed E-state index contributed by atoms with van der Waals surface area (Å²) >= 11 is 0. The number of pyridine rings is 1. The van der Waals surface area contributed by atoms with Gasteiger partial charge < -0.3 is 4.98 Å². The van der Waals surface area contributed by atoms with Crippen LogP contribution in [0.1, 0.15) is 0 Å². The first-order chi connectivity index (χ1) is 8.90. The third-order valence-corrected chi connectivity index (χ3v) is 3.17. The van der Waals surface area contributed by atoms with Crippen LogP contribution >= 0.6 is 0 Å². The van der Waals surface area contributed by atoms with Crippen molar-refractivity contribution in [2.45, 2.75) is 0 Å². The summed E-state index contributed by atoms with van der Waals surface area (Å²) in [5.41, 5.74) is 4.24. The van der Waals surface area contributed by atoms with Gasteiger partial charge in [0, 0.05) is 28.7 Å². The fourth-order valence-corrected chi connectivity index (χ4v) is 2.22. The van der Waals surface area contributed by atoms with Gasteiger partial charge in [0.15, 0.2) is 0 Å². The summed E-state index contributed by atoms with van der Waals surface area (Å²) < 4.78 is 0. The fourth-order valence-electron chi connectivity index (χ4n) is 2.22. The number of aromatic nitrogens is 4. The van der Waals surface area contributed by atoms with E-state index in [1.165, 1.54) is 0 Å². The molecule has 0 atom stereocenters. The van der Waals surface area contributed by atoms with Crippen molar-refractivity contribution in [2.24, 2.45) is 0 Å². The lowest BCUT2D eigenvalue weighted by Gasteiger charge is -2.01. The zero-order chi connectivity index (χ0) is 11.9. The lowest BCUT2D eigenvalue weighted by atomic mass is 10.1. The number of nitrogens with one attached hydrogen (secondary N) is 2. The predicted molar refractivity (Wildman–Crippen MR) is 71.2 cm³/mol. The Morgan fingerprint density at radius 3 is 2.83 bits per heavy atom. The molecule has 3 heterocycles. The second kappa shape index (κ2) is 3.43. The number of nitrogens with zero attached hydrogens (tertiary/aromatic N) is 2. The third kappa shape index (κ3) is 1.32. The van der Waals surface area contributed by atoms with E-state index in [0.717, 1.165) is 33.1 Å². The Morgan fingerprint density at radius 1 is 0.889 bits per heavy atom. The van der Waals surface area contributed by atoms with Crippen LogP contribution in [0, 0.1) is 0 Å². The number of aromatic amines is 2. The summed E-state index contributed by atoms with van der Waals surface area (Å²) in [4.78, 5) is 7.50. The minimum absolute atomic E-state index is 0.920. The molecule has 0 unspecified atom stereocenters. The molecule has 0 radical (unpaired) electrons. The molecule has 86 valence electrons. The topological polar surface area (TPSA) is 57.4 Å². The summed E-state index contributed by atoms with van der Waals surface area (Å²) in [6.45, 7) is 0. The van der Waals surface area contributed by atoms with Crippen molar-refractivity contribution in [3.63, 3.8) is 0 Å². The highest BCUT2D eigenvalue weighted by Gasteiger charge is 2.03. The number of fused-ring (bicyclic) bond motifs is 2. The Labute approximate surface area is 103 Å².